The van der Waals surface area contributed by atoms with E-state index < -0.39 is 0 Å². The average molecular weight is 261 g/mol. The van der Waals surface area contributed by atoms with Crippen LogP contribution in [-0.4, -0.2) is 12.1 Å². The van der Waals surface area contributed by atoms with Gasteiger partial charge in [-0.1, -0.05) is 33.8 Å². The van der Waals surface area contributed by atoms with Gasteiger partial charge in [0, 0.05) is 12.0 Å². The summed E-state index contributed by atoms with van der Waals surface area (Å²) in [7, 11) is 1.66. The molecule has 3 heteroatoms. The molecule has 1 aromatic carbocycles. The van der Waals surface area contributed by atoms with Crippen LogP contribution in [-0.2, 0) is 12.8 Å². The summed E-state index contributed by atoms with van der Waals surface area (Å²) in [5.41, 5.74) is 2.00. The maximum atomic E-state index is 5.77. The SMILES string of the molecule is CC.CCc1nc(-c2cccc(OC)c2)oc1CC. The van der Waals surface area contributed by atoms with Gasteiger partial charge < -0.3 is 9.15 Å². The minimum absolute atomic E-state index is 0.678. The summed E-state index contributed by atoms with van der Waals surface area (Å²) in [5.74, 6) is 2.47. The highest BCUT2D eigenvalue weighted by atomic mass is 16.5. The van der Waals surface area contributed by atoms with Gasteiger partial charge in [-0.3, -0.25) is 0 Å². The third kappa shape index (κ3) is 3.60. The van der Waals surface area contributed by atoms with E-state index in [2.05, 4.69) is 18.8 Å². The molecule has 0 radical (unpaired) electrons. The molecule has 0 unspecified atom stereocenters. The van der Waals surface area contributed by atoms with E-state index in [4.69, 9.17) is 9.15 Å². The smallest absolute Gasteiger partial charge is 0.226 e. The highest BCUT2D eigenvalue weighted by Gasteiger charge is 2.12. The van der Waals surface area contributed by atoms with Crippen LogP contribution in [0, 0.1) is 0 Å². The lowest BCUT2D eigenvalue weighted by molar-refractivity contribution is 0.414. The van der Waals surface area contributed by atoms with E-state index in [1.807, 2.05) is 38.1 Å². The Kier molecular flexibility index (Phi) is 6.13. The van der Waals surface area contributed by atoms with E-state index >= 15 is 0 Å². The lowest BCUT2D eigenvalue weighted by Crippen LogP contribution is -1.86. The van der Waals surface area contributed by atoms with Gasteiger partial charge in [0.1, 0.15) is 11.5 Å². The fraction of sp³-hybridized carbons (Fsp3) is 0.438. The standard InChI is InChI=1S/C14H17NO2.C2H6/c1-4-12-13(5-2)17-14(15-12)10-7-6-8-11(9-10)16-3;1-2/h6-9H,4-5H2,1-3H3;1-2H3. The van der Waals surface area contributed by atoms with E-state index in [0.29, 0.717) is 5.89 Å². The second-order valence-corrected chi connectivity index (χ2v) is 3.83. The topological polar surface area (TPSA) is 35.3 Å². The molecule has 0 amide bonds. The molecule has 0 saturated carbocycles. The largest absolute Gasteiger partial charge is 0.497 e. The fourth-order valence-electron chi connectivity index (χ4n) is 1.82. The van der Waals surface area contributed by atoms with Crippen molar-refractivity contribution in [3.63, 3.8) is 0 Å². The van der Waals surface area contributed by atoms with Crippen LogP contribution in [0.1, 0.15) is 39.1 Å². The number of rotatable bonds is 4. The Balaban J connectivity index is 0.000000861. The summed E-state index contributed by atoms with van der Waals surface area (Å²) < 4.78 is 11.0. The second-order valence-electron chi connectivity index (χ2n) is 3.83. The van der Waals surface area contributed by atoms with Crippen LogP contribution in [0.5, 0.6) is 5.75 Å². The molecule has 0 N–H and O–H groups in total. The number of oxazole rings is 1. The molecule has 19 heavy (non-hydrogen) atoms. The van der Waals surface area contributed by atoms with Crippen molar-refractivity contribution in [2.24, 2.45) is 0 Å². The molecule has 104 valence electrons. The first kappa shape index (κ1) is 15.3. The molecule has 2 rings (SSSR count). The molecule has 0 fully saturated rings. The van der Waals surface area contributed by atoms with Gasteiger partial charge in [-0.25, -0.2) is 4.98 Å². The number of benzene rings is 1. The molecule has 1 heterocycles. The van der Waals surface area contributed by atoms with Gasteiger partial charge in [0.2, 0.25) is 5.89 Å². The normalized spacial score (nSPS) is 9.74. The number of aromatic nitrogens is 1. The summed E-state index contributed by atoms with van der Waals surface area (Å²) in [6.07, 6.45) is 1.77. The molecule has 2 aromatic rings. The highest BCUT2D eigenvalue weighted by Crippen LogP contribution is 2.25. The minimum Gasteiger partial charge on any atom is -0.497 e. The first-order chi connectivity index (χ1) is 9.28. The molecule has 0 aliphatic carbocycles. The highest BCUT2D eigenvalue weighted by molar-refractivity contribution is 5.56. The van der Waals surface area contributed by atoms with Gasteiger partial charge in [0.25, 0.3) is 0 Å². The zero-order chi connectivity index (χ0) is 14.3. The monoisotopic (exact) mass is 261 g/mol. The van der Waals surface area contributed by atoms with Gasteiger partial charge in [0.15, 0.2) is 0 Å². The number of methoxy groups -OCH3 is 1. The first-order valence-corrected chi connectivity index (χ1v) is 6.91. The Hall–Kier alpha value is -1.77. The second kappa shape index (κ2) is 7.62. The first-order valence-electron chi connectivity index (χ1n) is 6.91. The predicted molar refractivity (Wildman–Crippen MR) is 78.6 cm³/mol. The summed E-state index contributed by atoms with van der Waals surface area (Å²) in [6.45, 7) is 8.17. The number of nitrogens with zero attached hydrogens (tertiary/aromatic N) is 1. The predicted octanol–water partition coefficient (Wildman–Crippen LogP) is 4.50. The summed E-state index contributed by atoms with van der Waals surface area (Å²) in [5, 5.41) is 0. The third-order valence-electron chi connectivity index (χ3n) is 2.75. The Bertz CT molecular complexity index is 482. The van der Waals surface area contributed by atoms with Gasteiger partial charge in [-0.15, -0.1) is 0 Å². The zero-order valence-electron chi connectivity index (χ0n) is 12.5. The average Bonchev–Trinajstić information content (AvgIpc) is 2.92. The van der Waals surface area contributed by atoms with Crippen molar-refractivity contribution in [3.8, 4) is 17.2 Å². The lowest BCUT2D eigenvalue weighted by Gasteiger charge is -2.00. The van der Waals surface area contributed by atoms with E-state index in [1.165, 1.54) is 0 Å². The number of ether oxygens (including phenoxy) is 1. The minimum atomic E-state index is 0.678. The van der Waals surface area contributed by atoms with Gasteiger partial charge in [-0.2, -0.15) is 0 Å². The van der Waals surface area contributed by atoms with E-state index in [1.54, 1.807) is 7.11 Å². The van der Waals surface area contributed by atoms with E-state index in [-0.39, 0.29) is 0 Å². The van der Waals surface area contributed by atoms with Crippen molar-refractivity contribution in [1.82, 2.24) is 4.98 Å². The van der Waals surface area contributed by atoms with Crippen LogP contribution in [0.2, 0.25) is 0 Å². The fourth-order valence-corrected chi connectivity index (χ4v) is 1.82. The van der Waals surface area contributed by atoms with Crippen LogP contribution in [0.4, 0.5) is 0 Å². The number of aryl methyl sites for hydroxylation is 2. The van der Waals surface area contributed by atoms with Crippen molar-refractivity contribution >= 4 is 0 Å². The molecule has 0 bridgehead atoms. The molecule has 0 atom stereocenters. The summed E-state index contributed by atoms with van der Waals surface area (Å²) in [6, 6.07) is 7.77. The van der Waals surface area contributed by atoms with Gasteiger partial charge in [-0.05, 0) is 24.6 Å². The third-order valence-corrected chi connectivity index (χ3v) is 2.75. The number of hydrogen-bond acceptors (Lipinski definition) is 3. The van der Waals surface area contributed by atoms with Crippen LogP contribution in [0.25, 0.3) is 11.5 Å². The molecule has 0 aliphatic heterocycles. The molecular weight excluding hydrogens is 238 g/mol. The Morgan fingerprint density at radius 1 is 1.16 bits per heavy atom. The quantitative estimate of drug-likeness (QED) is 0.812. The van der Waals surface area contributed by atoms with Crippen molar-refractivity contribution in [2.75, 3.05) is 7.11 Å². The Morgan fingerprint density at radius 2 is 1.89 bits per heavy atom. The molecular formula is C16H23NO2. The Morgan fingerprint density at radius 3 is 2.42 bits per heavy atom. The van der Waals surface area contributed by atoms with E-state index in [0.717, 1.165) is 35.6 Å². The molecule has 1 aromatic heterocycles. The molecule has 0 spiro atoms. The Labute approximate surface area is 115 Å². The molecule has 0 saturated heterocycles. The molecule has 3 nitrogen and oxygen atoms in total. The zero-order valence-corrected chi connectivity index (χ0v) is 12.5. The summed E-state index contributed by atoms with van der Waals surface area (Å²) in [4.78, 5) is 4.52. The van der Waals surface area contributed by atoms with Crippen LogP contribution < -0.4 is 4.74 Å². The van der Waals surface area contributed by atoms with Crippen molar-refractivity contribution in [1.29, 1.82) is 0 Å². The van der Waals surface area contributed by atoms with Gasteiger partial charge >= 0.3 is 0 Å². The van der Waals surface area contributed by atoms with Crippen molar-refractivity contribution in [3.05, 3.63) is 35.7 Å². The van der Waals surface area contributed by atoms with Crippen molar-refractivity contribution in [2.45, 2.75) is 40.5 Å². The lowest BCUT2D eigenvalue weighted by atomic mass is 10.2. The number of hydrogen-bond donors (Lipinski definition) is 0. The van der Waals surface area contributed by atoms with Crippen LogP contribution in [0.3, 0.4) is 0 Å². The van der Waals surface area contributed by atoms with Gasteiger partial charge in [0.05, 0.1) is 12.8 Å². The van der Waals surface area contributed by atoms with Crippen LogP contribution in [0.15, 0.2) is 28.7 Å². The molecule has 0 aliphatic rings. The van der Waals surface area contributed by atoms with Crippen LogP contribution >= 0.6 is 0 Å². The van der Waals surface area contributed by atoms with E-state index in [9.17, 15) is 0 Å². The maximum absolute atomic E-state index is 5.77. The summed E-state index contributed by atoms with van der Waals surface area (Å²) >= 11 is 0. The maximum Gasteiger partial charge on any atom is 0.226 e. The van der Waals surface area contributed by atoms with Crippen molar-refractivity contribution < 1.29 is 9.15 Å².